The monoisotopic (exact) mass is 266 g/mol. The molecule has 0 atom stereocenters. The minimum Gasteiger partial charge on any atom is -0.379 e. The van der Waals surface area contributed by atoms with Crippen molar-refractivity contribution < 1.29 is 0 Å². The first-order valence-electron chi connectivity index (χ1n) is 6.84. The van der Waals surface area contributed by atoms with Crippen LogP contribution in [0.5, 0.6) is 0 Å². The molecule has 0 unspecified atom stereocenters. The van der Waals surface area contributed by atoms with Gasteiger partial charge in [-0.2, -0.15) is 5.10 Å². The summed E-state index contributed by atoms with van der Waals surface area (Å²) in [5.74, 6) is 0. The number of anilines is 1. The lowest BCUT2D eigenvalue weighted by Gasteiger charge is -2.08. The van der Waals surface area contributed by atoms with E-state index in [1.54, 1.807) is 0 Å². The van der Waals surface area contributed by atoms with Crippen LogP contribution < -0.4 is 5.32 Å². The molecule has 0 aliphatic rings. The number of fused-ring (bicyclic) bond motifs is 1. The van der Waals surface area contributed by atoms with Gasteiger partial charge in [0.25, 0.3) is 0 Å². The van der Waals surface area contributed by atoms with Gasteiger partial charge in [0.2, 0.25) is 0 Å². The first-order valence-corrected chi connectivity index (χ1v) is 6.84. The van der Waals surface area contributed by atoms with E-state index in [0.29, 0.717) is 6.04 Å². The van der Waals surface area contributed by atoms with Crippen molar-refractivity contribution in [1.82, 2.24) is 14.8 Å². The molecule has 0 aliphatic heterocycles. The third kappa shape index (κ3) is 2.50. The topological polar surface area (TPSA) is 42.7 Å². The Morgan fingerprint density at radius 1 is 1.20 bits per heavy atom. The summed E-state index contributed by atoms with van der Waals surface area (Å²) in [7, 11) is 0. The molecule has 3 rings (SSSR count). The second kappa shape index (κ2) is 5.33. The van der Waals surface area contributed by atoms with E-state index >= 15 is 0 Å². The average molecular weight is 266 g/mol. The van der Waals surface area contributed by atoms with Gasteiger partial charge >= 0.3 is 0 Å². The highest BCUT2D eigenvalue weighted by Crippen LogP contribution is 2.21. The van der Waals surface area contributed by atoms with Crippen LogP contribution in [0.15, 0.2) is 48.9 Å². The van der Waals surface area contributed by atoms with Gasteiger partial charge in [-0.15, -0.1) is 0 Å². The molecule has 3 aromatic rings. The van der Waals surface area contributed by atoms with Crippen LogP contribution in [0.2, 0.25) is 0 Å². The van der Waals surface area contributed by atoms with Crippen LogP contribution in [0, 0.1) is 0 Å². The standard InChI is InChI=1S/C16H18N4/c1-12(2)20-11-13(10-19-20)9-18-15-7-3-5-14-6-4-8-17-16(14)15/h3-8,10-12,18H,9H2,1-2H3. The quantitative estimate of drug-likeness (QED) is 0.784. The maximum Gasteiger partial charge on any atom is 0.0933 e. The normalized spacial score (nSPS) is 11.2. The van der Waals surface area contributed by atoms with E-state index in [1.165, 1.54) is 5.56 Å². The first kappa shape index (κ1) is 12.7. The molecule has 4 heteroatoms. The lowest BCUT2D eigenvalue weighted by molar-refractivity contribution is 0.532. The molecule has 1 aromatic carbocycles. The molecule has 0 amide bonds. The van der Waals surface area contributed by atoms with Crippen LogP contribution in [-0.4, -0.2) is 14.8 Å². The van der Waals surface area contributed by atoms with Gasteiger partial charge in [-0.05, 0) is 26.0 Å². The molecule has 102 valence electrons. The van der Waals surface area contributed by atoms with Crippen molar-refractivity contribution in [2.75, 3.05) is 5.32 Å². The number of aromatic nitrogens is 3. The molecule has 1 N–H and O–H groups in total. The predicted octanol–water partition coefficient (Wildman–Crippen LogP) is 3.62. The highest BCUT2D eigenvalue weighted by Gasteiger charge is 2.04. The zero-order valence-corrected chi connectivity index (χ0v) is 11.7. The Morgan fingerprint density at radius 2 is 2.05 bits per heavy atom. The maximum absolute atomic E-state index is 4.44. The molecule has 20 heavy (non-hydrogen) atoms. The molecule has 4 nitrogen and oxygen atoms in total. The summed E-state index contributed by atoms with van der Waals surface area (Å²) < 4.78 is 1.97. The van der Waals surface area contributed by atoms with Gasteiger partial charge in [-0.25, -0.2) is 0 Å². The molecular weight excluding hydrogens is 248 g/mol. The molecule has 0 spiro atoms. The van der Waals surface area contributed by atoms with Crippen molar-refractivity contribution in [3.8, 4) is 0 Å². The van der Waals surface area contributed by atoms with Gasteiger partial charge in [0.05, 0.1) is 17.4 Å². The smallest absolute Gasteiger partial charge is 0.0933 e. The number of para-hydroxylation sites is 1. The lowest BCUT2D eigenvalue weighted by atomic mass is 10.2. The van der Waals surface area contributed by atoms with Crippen molar-refractivity contribution >= 4 is 16.6 Å². The molecule has 0 radical (unpaired) electrons. The van der Waals surface area contributed by atoms with Crippen LogP contribution in [-0.2, 0) is 6.54 Å². The summed E-state index contributed by atoms with van der Waals surface area (Å²) in [6.45, 7) is 5.00. The fourth-order valence-corrected chi connectivity index (χ4v) is 2.20. The number of hydrogen-bond acceptors (Lipinski definition) is 3. The molecule has 2 aromatic heterocycles. The fourth-order valence-electron chi connectivity index (χ4n) is 2.20. The molecule has 0 aliphatic carbocycles. The Morgan fingerprint density at radius 3 is 2.85 bits per heavy atom. The summed E-state index contributed by atoms with van der Waals surface area (Å²) in [6.07, 6.45) is 5.81. The van der Waals surface area contributed by atoms with Crippen LogP contribution in [0.3, 0.4) is 0 Å². The van der Waals surface area contributed by atoms with Crippen molar-refractivity contribution in [2.45, 2.75) is 26.4 Å². The van der Waals surface area contributed by atoms with Crippen molar-refractivity contribution in [2.24, 2.45) is 0 Å². The number of nitrogens with zero attached hydrogens (tertiary/aromatic N) is 3. The Kier molecular flexibility index (Phi) is 3.37. The molecule has 2 heterocycles. The third-order valence-corrected chi connectivity index (χ3v) is 3.30. The molecule has 0 saturated carbocycles. The van der Waals surface area contributed by atoms with E-state index < -0.39 is 0 Å². The molecule has 0 saturated heterocycles. The number of hydrogen-bond donors (Lipinski definition) is 1. The minimum atomic E-state index is 0.392. The zero-order valence-electron chi connectivity index (χ0n) is 11.7. The van der Waals surface area contributed by atoms with E-state index in [0.717, 1.165) is 23.1 Å². The van der Waals surface area contributed by atoms with Crippen molar-refractivity contribution in [1.29, 1.82) is 0 Å². The van der Waals surface area contributed by atoms with Gasteiger partial charge in [0.15, 0.2) is 0 Å². The molecule has 0 fully saturated rings. The highest BCUT2D eigenvalue weighted by molar-refractivity contribution is 5.90. The summed E-state index contributed by atoms with van der Waals surface area (Å²) >= 11 is 0. The van der Waals surface area contributed by atoms with Gasteiger partial charge in [-0.1, -0.05) is 18.2 Å². The molecular formula is C16H18N4. The zero-order chi connectivity index (χ0) is 13.9. The molecule has 0 bridgehead atoms. The van der Waals surface area contributed by atoms with E-state index in [2.05, 4.69) is 53.6 Å². The van der Waals surface area contributed by atoms with Gasteiger partial charge in [0.1, 0.15) is 0 Å². The van der Waals surface area contributed by atoms with Gasteiger partial charge in [-0.3, -0.25) is 9.67 Å². The van der Waals surface area contributed by atoms with Crippen LogP contribution in [0.1, 0.15) is 25.5 Å². The first-order chi connectivity index (χ1) is 9.74. The Hall–Kier alpha value is -2.36. The van der Waals surface area contributed by atoms with E-state index in [4.69, 9.17) is 0 Å². The van der Waals surface area contributed by atoms with Crippen molar-refractivity contribution in [3.05, 3.63) is 54.5 Å². The lowest BCUT2D eigenvalue weighted by Crippen LogP contribution is -2.01. The Balaban J connectivity index is 1.79. The summed E-state index contributed by atoms with van der Waals surface area (Å²) in [5.41, 5.74) is 3.23. The Labute approximate surface area is 118 Å². The van der Waals surface area contributed by atoms with Crippen LogP contribution in [0.4, 0.5) is 5.69 Å². The number of benzene rings is 1. The van der Waals surface area contributed by atoms with Crippen molar-refractivity contribution in [3.63, 3.8) is 0 Å². The fraction of sp³-hybridized carbons (Fsp3) is 0.250. The summed E-state index contributed by atoms with van der Waals surface area (Å²) in [5, 5.41) is 8.94. The summed E-state index contributed by atoms with van der Waals surface area (Å²) in [4.78, 5) is 4.44. The van der Waals surface area contributed by atoms with E-state index in [1.807, 2.05) is 29.2 Å². The number of pyridine rings is 1. The second-order valence-corrected chi connectivity index (χ2v) is 5.16. The van der Waals surface area contributed by atoms with Crippen LogP contribution in [0.25, 0.3) is 10.9 Å². The van der Waals surface area contributed by atoms with E-state index in [-0.39, 0.29) is 0 Å². The predicted molar refractivity (Wildman–Crippen MR) is 81.7 cm³/mol. The highest BCUT2D eigenvalue weighted by atomic mass is 15.3. The number of rotatable bonds is 4. The average Bonchev–Trinajstić information content (AvgIpc) is 2.94. The Bertz CT molecular complexity index is 710. The minimum absolute atomic E-state index is 0.392. The SMILES string of the molecule is CC(C)n1cc(CNc2cccc3cccnc23)cn1. The van der Waals surface area contributed by atoms with Gasteiger partial charge < -0.3 is 5.32 Å². The maximum atomic E-state index is 4.44. The third-order valence-electron chi connectivity index (χ3n) is 3.30. The van der Waals surface area contributed by atoms with Gasteiger partial charge in [0, 0.05) is 35.9 Å². The number of nitrogens with one attached hydrogen (secondary N) is 1. The second-order valence-electron chi connectivity index (χ2n) is 5.16. The van der Waals surface area contributed by atoms with Crippen LogP contribution >= 0.6 is 0 Å². The summed E-state index contributed by atoms with van der Waals surface area (Å²) in [6, 6.07) is 10.6. The van der Waals surface area contributed by atoms with E-state index in [9.17, 15) is 0 Å². The largest absolute Gasteiger partial charge is 0.379 e.